The normalized spacial score (nSPS) is 12.8. The summed E-state index contributed by atoms with van der Waals surface area (Å²) in [6.07, 6.45) is 3.45. The van der Waals surface area contributed by atoms with Crippen molar-refractivity contribution in [2.24, 2.45) is 0 Å². The van der Waals surface area contributed by atoms with Crippen LogP contribution in [0.2, 0.25) is 5.02 Å². The number of nitrogens with zero attached hydrogens (tertiary/aromatic N) is 3. The van der Waals surface area contributed by atoms with Gasteiger partial charge in [0.25, 0.3) is 5.91 Å². The van der Waals surface area contributed by atoms with E-state index in [1.54, 1.807) is 30.5 Å². The number of carbonyl (C=O) groups excluding carboxylic acids is 1. The topological polar surface area (TPSA) is 77.0 Å². The van der Waals surface area contributed by atoms with Gasteiger partial charge in [-0.2, -0.15) is 0 Å². The summed E-state index contributed by atoms with van der Waals surface area (Å²) < 4.78 is 5.59. The molecule has 0 aliphatic carbocycles. The maximum absolute atomic E-state index is 12.4. The van der Waals surface area contributed by atoms with Crippen LogP contribution in [0, 0.1) is 0 Å². The minimum absolute atomic E-state index is 0.187. The first kappa shape index (κ1) is 15.7. The Kier molecular flexibility index (Phi) is 4.17. The Morgan fingerprint density at radius 1 is 1.24 bits per heavy atom. The molecule has 1 aliphatic rings. The average Bonchev–Trinajstić information content (AvgIpc) is 3.10. The molecule has 0 spiro atoms. The van der Waals surface area contributed by atoms with E-state index < -0.39 is 0 Å². The largest absolute Gasteiger partial charge is 0.488 e. The van der Waals surface area contributed by atoms with E-state index in [1.807, 2.05) is 18.2 Å². The van der Waals surface area contributed by atoms with Gasteiger partial charge in [-0.3, -0.25) is 15.1 Å². The summed E-state index contributed by atoms with van der Waals surface area (Å²) in [7, 11) is 0. The zero-order valence-corrected chi connectivity index (χ0v) is 14.3. The van der Waals surface area contributed by atoms with E-state index in [0.29, 0.717) is 32.2 Å². The van der Waals surface area contributed by atoms with Gasteiger partial charge >= 0.3 is 0 Å². The van der Waals surface area contributed by atoms with Crippen LogP contribution in [-0.4, -0.2) is 27.7 Å². The van der Waals surface area contributed by atoms with Crippen molar-refractivity contribution in [3.05, 3.63) is 58.8 Å². The summed E-state index contributed by atoms with van der Waals surface area (Å²) in [5, 5.41) is 12.4. The Morgan fingerprint density at radius 3 is 3.00 bits per heavy atom. The number of anilines is 1. The third kappa shape index (κ3) is 3.38. The number of aromatic nitrogens is 3. The second-order valence-electron chi connectivity index (χ2n) is 5.22. The molecule has 0 radical (unpaired) electrons. The molecular weight excluding hydrogens is 360 g/mol. The molecule has 0 bridgehead atoms. The molecule has 1 amide bonds. The van der Waals surface area contributed by atoms with Crippen molar-refractivity contribution < 1.29 is 9.53 Å². The maximum Gasteiger partial charge on any atom is 0.256 e. The molecule has 0 atom stereocenters. The molecule has 25 heavy (non-hydrogen) atoms. The summed E-state index contributed by atoms with van der Waals surface area (Å²) in [5.41, 5.74) is 1.98. The van der Waals surface area contributed by atoms with Gasteiger partial charge in [-0.15, -0.1) is 10.2 Å². The molecule has 0 unspecified atom stereocenters. The van der Waals surface area contributed by atoms with Gasteiger partial charge in [-0.1, -0.05) is 29.0 Å². The molecule has 8 heteroatoms. The molecule has 124 valence electrons. The van der Waals surface area contributed by atoms with Gasteiger partial charge in [0, 0.05) is 16.8 Å². The Labute approximate surface area is 152 Å². The van der Waals surface area contributed by atoms with Crippen molar-refractivity contribution in [3.63, 3.8) is 0 Å². The minimum Gasteiger partial charge on any atom is -0.488 e. The van der Waals surface area contributed by atoms with Crippen LogP contribution in [0.3, 0.4) is 0 Å². The predicted octanol–water partition coefficient (Wildman–Crippen LogP) is 3.67. The van der Waals surface area contributed by atoms with Gasteiger partial charge < -0.3 is 4.74 Å². The first-order valence-electron chi connectivity index (χ1n) is 7.38. The van der Waals surface area contributed by atoms with Crippen molar-refractivity contribution in [1.82, 2.24) is 15.2 Å². The van der Waals surface area contributed by atoms with Gasteiger partial charge in [0.15, 0.2) is 5.01 Å². The van der Waals surface area contributed by atoms with Crippen molar-refractivity contribution in [3.8, 4) is 16.5 Å². The highest BCUT2D eigenvalue weighted by molar-refractivity contribution is 7.18. The monoisotopic (exact) mass is 370 g/mol. The standard InChI is InChI=1S/C17H11ClN4O2S/c18-12-4-5-14-10(8-12)7-11(9-24-14)15(23)20-17-22-21-16(25-17)13-3-1-2-6-19-13/h1-8H,9H2,(H,20,22,23). The molecule has 3 heterocycles. The van der Waals surface area contributed by atoms with Crippen LogP contribution in [0.25, 0.3) is 16.8 Å². The van der Waals surface area contributed by atoms with Crippen LogP contribution < -0.4 is 10.1 Å². The number of fused-ring (bicyclic) bond motifs is 1. The predicted molar refractivity (Wildman–Crippen MR) is 96.7 cm³/mol. The summed E-state index contributed by atoms with van der Waals surface area (Å²) in [6, 6.07) is 10.8. The third-order valence-corrected chi connectivity index (χ3v) is 4.60. The number of amides is 1. The molecule has 0 saturated heterocycles. The van der Waals surface area contributed by atoms with Crippen molar-refractivity contribution in [2.75, 3.05) is 11.9 Å². The molecule has 2 aromatic heterocycles. The van der Waals surface area contributed by atoms with Gasteiger partial charge in [0.2, 0.25) is 5.13 Å². The fourth-order valence-corrected chi connectivity index (χ4v) is 3.22. The van der Waals surface area contributed by atoms with E-state index >= 15 is 0 Å². The summed E-state index contributed by atoms with van der Waals surface area (Å²) in [6.45, 7) is 0.187. The molecule has 1 aliphatic heterocycles. The summed E-state index contributed by atoms with van der Waals surface area (Å²) >= 11 is 7.25. The highest BCUT2D eigenvalue weighted by Gasteiger charge is 2.19. The first-order valence-corrected chi connectivity index (χ1v) is 8.58. The Bertz CT molecular complexity index is 972. The van der Waals surface area contributed by atoms with Crippen LogP contribution in [0.1, 0.15) is 5.56 Å². The third-order valence-electron chi connectivity index (χ3n) is 3.51. The Balaban J connectivity index is 1.52. The van der Waals surface area contributed by atoms with Crippen LogP contribution in [-0.2, 0) is 4.79 Å². The van der Waals surface area contributed by atoms with Crippen LogP contribution in [0.5, 0.6) is 5.75 Å². The Hall–Kier alpha value is -2.77. The number of nitrogens with one attached hydrogen (secondary N) is 1. The van der Waals surface area contributed by atoms with Crippen molar-refractivity contribution in [1.29, 1.82) is 0 Å². The SMILES string of the molecule is O=C(Nc1nnc(-c2ccccn2)s1)C1=Cc2cc(Cl)ccc2OC1. The fourth-order valence-electron chi connectivity index (χ4n) is 2.32. The quantitative estimate of drug-likeness (QED) is 0.761. The van der Waals surface area contributed by atoms with E-state index in [2.05, 4.69) is 20.5 Å². The van der Waals surface area contributed by atoms with Gasteiger partial charge in [-0.05, 0) is 36.4 Å². The van der Waals surface area contributed by atoms with Crippen LogP contribution >= 0.6 is 22.9 Å². The average molecular weight is 371 g/mol. The number of benzene rings is 1. The first-order chi connectivity index (χ1) is 12.2. The lowest BCUT2D eigenvalue weighted by atomic mass is 10.1. The zero-order chi connectivity index (χ0) is 17.2. The number of pyridine rings is 1. The zero-order valence-electron chi connectivity index (χ0n) is 12.8. The smallest absolute Gasteiger partial charge is 0.256 e. The molecule has 0 saturated carbocycles. The summed E-state index contributed by atoms with van der Waals surface area (Å²) in [5.74, 6) is 0.420. The highest BCUT2D eigenvalue weighted by Crippen LogP contribution is 2.30. The lowest BCUT2D eigenvalue weighted by molar-refractivity contribution is -0.113. The lowest BCUT2D eigenvalue weighted by Crippen LogP contribution is -2.21. The van der Waals surface area contributed by atoms with Crippen LogP contribution in [0.15, 0.2) is 48.2 Å². The fraction of sp³-hybridized carbons (Fsp3) is 0.0588. The van der Waals surface area contributed by atoms with E-state index in [-0.39, 0.29) is 12.5 Å². The maximum atomic E-state index is 12.4. The number of hydrogen-bond acceptors (Lipinski definition) is 6. The van der Waals surface area contributed by atoms with E-state index in [4.69, 9.17) is 16.3 Å². The number of carbonyl (C=O) groups is 1. The number of hydrogen-bond donors (Lipinski definition) is 1. The molecule has 1 aromatic carbocycles. The van der Waals surface area contributed by atoms with Crippen molar-refractivity contribution in [2.45, 2.75) is 0 Å². The molecule has 3 aromatic rings. The molecule has 0 fully saturated rings. The van der Waals surface area contributed by atoms with Crippen molar-refractivity contribution >= 4 is 40.1 Å². The highest BCUT2D eigenvalue weighted by atomic mass is 35.5. The molecule has 6 nitrogen and oxygen atoms in total. The minimum atomic E-state index is -0.283. The molecule has 1 N–H and O–H groups in total. The van der Waals surface area contributed by atoms with E-state index in [9.17, 15) is 4.79 Å². The number of halogens is 1. The summed E-state index contributed by atoms with van der Waals surface area (Å²) in [4.78, 5) is 16.7. The van der Waals surface area contributed by atoms with Gasteiger partial charge in [-0.25, -0.2) is 0 Å². The number of rotatable bonds is 3. The second-order valence-corrected chi connectivity index (χ2v) is 6.64. The molecule has 4 rings (SSSR count). The Morgan fingerprint density at radius 2 is 2.16 bits per heavy atom. The van der Waals surface area contributed by atoms with Gasteiger partial charge in [0.1, 0.15) is 18.1 Å². The van der Waals surface area contributed by atoms with Crippen LogP contribution in [0.4, 0.5) is 5.13 Å². The van der Waals surface area contributed by atoms with E-state index in [1.165, 1.54) is 11.3 Å². The lowest BCUT2D eigenvalue weighted by Gasteiger charge is -2.17. The molecular formula is C17H11ClN4O2S. The van der Waals surface area contributed by atoms with E-state index in [0.717, 1.165) is 5.56 Å². The number of ether oxygens (including phenoxy) is 1. The van der Waals surface area contributed by atoms with Gasteiger partial charge in [0.05, 0.1) is 5.57 Å². The second kappa shape index (κ2) is 6.62.